The van der Waals surface area contributed by atoms with Crippen LogP contribution in [0.4, 0.5) is 0 Å². The molecule has 1 atom stereocenters. The molecule has 108 valence electrons. The predicted octanol–water partition coefficient (Wildman–Crippen LogP) is 4.50. The number of benzene rings is 1. The van der Waals surface area contributed by atoms with Gasteiger partial charge in [-0.3, -0.25) is 4.68 Å². The summed E-state index contributed by atoms with van der Waals surface area (Å²) in [5.74, 6) is 0.762. The van der Waals surface area contributed by atoms with E-state index in [9.17, 15) is 0 Å². The third kappa shape index (κ3) is 3.79. The predicted molar refractivity (Wildman–Crippen MR) is 89.3 cm³/mol. The Balaban J connectivity index is 2.07. The lowest BCUT2D eigenvalue weighted by Gasteiger charge is -2.15. The summed E-state index contributed by atoms with van der Waals surface area (Å²) >= 11 is 11.5. The van der Waals surface area contributed by atoms with E-state index >= 15 is 0 Å². The standard InChI is InChI=1S/C14H17BrClN3S/c1-2-7-19-14(11(16)8-18-19)12(17)9-20-13-6-4-3-5-10(13)15/h3-6,8,12H,2,7,9,17H2,1H3. The first kappa shape index (κ1) is 15.9. The molecule has 0 bridgehead atoms. The van der Waals surface area contributed by atoms with Gasteiger partial charge < -0.3 is 5.73 Å². The van der Waals surface area contributed by atoms with Crippen LogP contribution in [0.2, 0.25) is 5.02 Å². The summed E-state index contributed by atoms with van der Waals surface area (Å²) in [5, 5.41) is 4.94. The quantitative estimate of drug-likeness (QED) is 0.757. The molecule has 0 aliphatic heterocycles. The van der Waals surface area contributed by atoms with Crippen molar-refractivity contribution >= 4 is 39.3 Å². The second-order valence-corrected chi connectivity index (χ2v) is 6.77. The molecule has 0 radical (unpaired) electrons. The van der Waals surface area contributed by atoms with Gasteiger partial charge in [-0.2, -0.15) is 5.10 Å². The zero-order valence-electron chi connectivity index (χ0n) is 11.2. The summed E-state index contributed by atoms with van der Waals surface area (Å²) in [6, 6.07) is 8.00. The zero-order chi connectivity index (χ0) is 14.5. The van der Waals surface area contributed by atoms with Gasteiger partial charge in [0.05, 0.1) is 23.0 Å². The van der Waals surface area contributed by atoms with Crippen molar-refractivity contribution in [1.29, 1.82) is 0 Å². The maximum Gasteiger partial charge on any atom is 0.0834 e. The minimum Gasteiger partial charge on any atom is -0.322 e. The molecule has 2 N–H and O–H groups in total. The molecule has 3 nitrogen and oxygen atoms in total. The first-order valence-corrected chi connectivity index (χ1v) is 8.63. The number of halogens is 2. The maximum atomic E-state index is 6.29. The summed E-state index contributed by atoms with van der Waals surface area (Å²) in [6.45, 7) is 2.95. The molecule has 1 aromatic heterocycles. The fourth-order valence-corrected chi connectivity index (χ4v) is 3.76. The molecule has 0 aliphatic rings. The molecule has 0 aliphatic carbocycles. The van der Waals surface area contributed by atoms with Crippen LogP contribution in [0.5, 0.6) is 0 Å². The lowest BCUT2D eigenvalue weighted by Crippen LogP contribution is -2.19. The van der Waals surface area contributed by atoms with Crippen LogP contribution in [-0.2, 0) is 6.54 Å². The molecule has 20 heavy (non-hydrogen) atoms. The molecule has 2 aromatic rings. The van der Waals surface area contributed by atoms with Gasteiger partial charge >= 0.3 is 0 Å². The van der Waals surface area contributed by atoms with Crippen molar-refractivity contribution in [2.75, 3.05) is 5.75 Å². The number of hydrogen-bond acceptors (Lipinski definition) is 3. The Hall–Kier alpha value is -0.490. The number of nitrogens with zero attached hydrogens (tertiary/aromatic N) is 2. The molecule has 0 amide bonds. The van der Waals surface area contributed by atoms with Gasteiger partial charge in [-0.15, -0.1) is 11.8 Å². The normalized spacial score (nSPS) is 12.6. The highest BCUT2D eigenvalue weighted by molar-refractivity contribution is 9.10. The second kappa shape index (κ2) is 7.50. The molecule has 1 aromatic carbocycles. The summed E-state index contributed by atoms with van der Waals surface area (Å²) in [5.41, 5.74) is 7.21. The number of rotatable bonds is 6. The van der Waals surface area contributed by atoms with E-state index in [0.717, 1.165) is 28.9 Å². The van der Waals surface area contributed by atoms with Crippen LogP contribution in [0, 0.1) is 0 Å². The van der Waals surface area contributed by atoms with Crippen LogP contribution in [-0.4, -0.2) is 15.5 Å². The van der Waals surface area contributed by atoms with E-state index in [0.29, 0.717) is 5.02 Å². The van der Waals surface area contributed by atoms with Gasteiger partial charge in [0.15, 0.2) is 0 Å². The van der Waals surface area contributed by atoms with Crippen molar-refractivity contribution in [3.05, 3.63) is 45.7 Å². The SMILES string of the molecule is CCCn1ncc(Cl)c1C(N)CSc1ccccc1Br. The van der Waals surface area contributed by atoms with Crippen molar-refractivity contribution in [3.8, 4) is 0 Å². The fraction of sp³-hybridized carbons (Fsp3) is 0.357. The van der Waals surface area contributed by atoms with Crippen LogP contribution in [0.3, 0.4) is 0 Å². The molecule has 0 saturated heterocycles. The van der Waals surface area contributed by atoms with Gasteiger partial charge in [0.2, 0.25) is 0 Å². The van der Waals surface area contributed by atoms with Crippen molar-refractivity contribution < 1.29 is 0 Å². The summed E-state index contributed by atoms with van der Waals surface area (Å²) in [6.07, 6.45) is 2.69. The van der Waals surface area contributed by atoms with Crippen LogP contribution < -0.4 is 5.73 Å². The van der Waals surface area contributed by atoms with Crippen molar-refractivity contribution in [2.45, 2.75) is 30.8 Å². The molecular formula is C14H17BrClN3S. The number of nitrogens with two attached hydrogens (primary N) is 1. The Bertz CT molecular complexity index is 573. The van der Waals surface area contributed by atoms with Gasteiger partial charge in [0.25, 0.3) is 0 Å². The lowest BCUT2D eigenvalue weighted by atomic mass is 10.2. The van der Waals surface area contributed by atoms with Crippen LogP contribution in [0.25, 0.3) is 0 Å². The van der Waals surface area contributed by atoms with Gasteiger partial charge in [-0.1, -0.05) is 30.7 Å². The smallest absolute Gasteiger partial charge is 0.0834 e. The summed E-state index contributed by atoms with van der Waals surface area (Å²) in [4.78, 5) is 1.18. The third-order valence-corrected chi connectivity index (χ3v) is 5.31. The average molecular weight is 375 g/mol. The summed E-state index contributed by atoms with van der Waals surface area (Å²) < 4.78 is 3.00. The van der Waals surface area contributed by atoms with Gasteiger partial charge in [0.1, 0.15) is 0 Å². The van der Waals surface area contributed by atoms with Crippen molar-refractivity contribution in [2.24, 2.45) is 5.73 Å². The monoisotopic (exact) mass is 373 g/mol. The summed E-state index contributed by atoms with van der Waals surface area (Å²) in [7, 11) is 0. The molecule has 0 fully saturated rings. The van der Waals surface area contributed by atoms with E-state index in [1.807, 2.05) is 22.9 Å². The van der Waals surface area contributed by atoms with E-state index in [-0.39, 0.29) is 6.04 Å². The van der Waals surface area contributed by atoms with E-state index in [1.54, 1.807) is 18.0 Å². The first-order chi connectivity index (χ1) is 9.63. The number of thioether (sulfide) groups is 1. The average Bonchev–Trinajstić information content (AvgIpc) is 2.79. The van der Waals surface area contributed by atoms with Gasteiger partial charge in [-0.05, 0) is 34.5 Å². The number of aromatic nitrogens is 2. The molecule has 0 saturated carbocycles. The molecule has 1 heterocycles. The van der Waals surface area contributed by atoms with E-state index in [4.69, 9.17) is 17.3 Å². The molecule has 2 rings (SSSR count). The minimum absolute atomic E-state index is 0.131. The zero-order valence-corrected chi connectivity index (χ0v) is 14.4. The van der Waals surface area contributed by atoms with Gasteiger partial charge in [-0.25, -0.2) is 0 Å². The molecular weight excluding hydrogens is 358 g/mol. The van der Waals surface area contributed by atoms with Crippen LogP contribution >= 0.6 is 39.3 Å². The Labute approximate surface area is 137 Å². The Morgan fingerprint density at radius 2 is 2.20 bits per heavy atom. The second-order valence-electron chi connectivity index (χ2n) is 4.45. The lowest BCUT2D eigenvalue weighted by molar-refractivity contribution is 0.554. The van der Waals surface area contributed by atoms with E-state index < -0.39 is 0 Å². The number of hydrogen-bond donors (Lipinski definition) is 1. The Morgan fingerprint density at radius 3 is 2.90 bits per heavy atom. The van der Waals surface area contributed by atoms with E-state index in [1.165, 1.54) is 4.90 Å². The largest absolute Gasteiger partial charge is 0.322 e. The van der Waals surface area contributed by atoms with Crippen LogP contribution in [0.1, 0.15) is 25.1 Å². The Morgan fingerprint density at radius 1 is 1.45 bits per heavy atom. The van der Waals surface area contributed by atoms with Crippen molar-refractivity contribution in [3.63, 3.8) is 0 Å². The topological polar surface area (TPSA) is 43.8 Å². The van der Waals surface area contributed by atoms with Crippen molar-refractivity contribution in [1.82, 2.24) is 9.78 Å². The van der Waals surface area contributed by atoms with E-state index in [2.05, 4.69) is 34.0 Å². The highest BCUT2D eigenvalue weighted by atomic mass is 79.9. The highest BCUT2D eigenvalue weighted by Gasteiger charge is 2.17. The minimum atomic E-state index is -0.131. The maximum absolute atomic E-state index is 6.29. The Kier molecular flexibility index (Phi) is 5.96. The van der Waals surface area contributed by atoms with Gasteiger partial charge in [0, 0.05) is 21.7 Å². The highest BCUT2D eigenvalue weighted by Crippen LogP contribution is 2.31. The molecule has 0 spiro atoms. The third-order valence-electron chi connectivity index (χ3n) is 2.87. The number of aryl methyl sites for hydroxylation is 1. The first-order valence-electron chi connectivity index (χ1n) is 6.47. The van der Waals surface area contributed by atoms with Crippen LogP contribution in [0.15, 0.2) is 39.8 Å². The fourth-order valence-electron chi connectivity index (χ4n) is 1.95. The molecule has 1 unspecified atom stereocenters. The molecule has 6 heteroatoms.